The van der Waals surface area contributed by atoms with E-state index in [4.69, 9.17) is 5.73 Å². The summed E-state index contributed by atoms with van der Waals surface area (Å²) in [6.07, 6.45) is 4.67. The largest absolute Gasteiger partial charge is 0.398 e. The molecule has 0 amide bonds. The number of hydrogen-bond donors (Lipinski definition) is 1. The first kappa shape index (κ1) is 13.4. The molecule has 1 aromatic heterocycles. The van der Waals surface area contributed by atoms with Crippen molar-refractivity contribution in [3.63, 3.8) is 0 Å². The summed E-state index contributed by atoms with van der Waals surface area (Å²) in [7, 11) is 2.12. The Morgan fingerprint density at radius 3 is 2.62 bits per heavy atom. The fourth-order valence-corrected chi connectivity index (χ4v) is 2.59. The van der Waals surface area contributed by atoms with Crippen molar-refractivity contribution in [3.8, 4) is 0 Å². The van der Waals surface area contributed by atoms with Gasteiger partial charge >= 0.3 is 0 Å². The van der Waals surface area contributed by atoms with E-state index in [2.05, 4.69) is 47.3 Å². The minimum atomic E-state index is 0.776. The number of nitrogens with zero attached hydrogens (tertiary/aromatic N) is 2. The maximum absolute atomic E-state index is 6.03. The lowest BCUT2D eigenvalue weighted by Crippen LogP contribution is -2.20. The van der Waals surface area contributed by atoms with E-state index in [-0.39, 0.29) is 0 Å². The van der Waals surface area contributed by atoms with E-state index in [1.165, 1.54) is 11.3 Å². The van der Waals surface area contributed by atoms with Gasteiger partial charge in [0.05, 0.1) is 0 Å². The van der Waals surface area contributed by atoms with Gasteiger partial charge in [-0.3, -0.25) is 4.98 Å². The number of likely N-dealkylation sites (N-methyl/N-ethyl adjacent to an activating group) is 1. The molecule has 2 N–H and O–H groups in total. The number of hydrogen-bond acceptors (Lipinski definition) is 3. The third kappa shape index (κ3) is 2.82. The Bertz CT molecular complexity index is 738. The smallest absolute Gasteiger partial charge is 0.0446 e. The van der Waals surface area contributed by atoms with Crippen LogP contribution in [0.4, 0.5) is 11.4 Å². The molecule has 3 nitrogen and oxygen atoms in total. The molecule has 0 aliphatic heterocycles. The van der Waals surface area contributed by atoms with Gasteiger partial charge in [0, 0.05) is 48.1 Å². The van der Waals surface area contributed by atoms with Gasteiger partial charge in [-0.2, -0.15) is 0 Å². The highest BCUT2D eigenvalue weighted by Crippen LogP contribution is 2.29. The van der Waals surface area contributed by atoms with Gasteiger partial charge in [0.25, 0.3) is 0 Å². The van der Waals surface area contributed by atoms with Crippen LogP contribution in [0.3, 0.4) is 0 Å². The Hall–Kier alpha value is -2.55. The molecule has 21 heavy (non-hydrogen) atoms. The van der Waals surface area contributed by atoms with Crippen molar-refractivity contribution in [3.05, 3.63) is 66.5 Å². The molecule has 0 spiro atoms. The summed E-state index contributed by atoms with van der Waals surface area (Å²) in [5.41, 5.74) is 9.35. The van der Waals surface area contributed by atoms with Crippen molar-refractivity contribution in [1.82, 2.24) is 4.98 Å². The Morgan fingerprint density at radius 2 is 1.81 bits per heavy atom. The molecule has 106 valence electrons. The number of rotatable bonds is 4. The van der Waals surface area contributed by atoms with E-state index in [9.17, 15) is 0 Å². The summed E-state index contributed by atoms with van der Waals surface area (Å²) < 4.78 is 0. The van der Waals surface area contributed by atoms with Crippen LogP contribution >= 0.6 is 0 Å². The molecule has 2 aromatic carbocycles. The van der Waals surface area contributed by atoms with Gasteiger partial charge in [0.1, 0.15) is 0 Å². The van der Waals surface area contributed by atoms with Gasteiger partial charge in [0.15, 0.2) is 0 Å². The third-order valence-corrected chi connectivity index (χ3v) is 3.82. The number of pyridine rings is 1. The Morgan fingerprint density at radius 1 is 1.00 bits per heavy atom. The van der Waals surface area contributed by atoms with Crippen LogP contribution in [0.1, 0.15) is 5.56 Å². The molecule has 3 rings (SSSR count). The van der Waals surface area contributed by atoms with Crippen LogP contribution in [0.2, 0.25) is 0 Å². The van der Waals surface area contributed by atoms with Crippen LogP contribution in [0, 0.1) is 0 Å². The maximum Gasteiger partial charge on any atom is 0.0446 e. The number of nitrogens with two attached hydrogens (primary N) is 1. The van der Waals surface area contributed by atoms with Crippen LogP contribution in [0.25, 0.3) is 10.8 Å². The molecule has 0 unspecified atom stereocenters. The molecule has 3 heteroatoms. The lowest BCUT2D eigenvalue weighted by atomic mass is 10.1. The molecule has 0 fully saturated rings. The predicted octanol–water partition coefficient (Wildman–Crippen LogP) is 3.50. The topological polar surface area (TPSA) is 42.1 Å². The van der Waals surface area contributed by atoms with Gasteiger partial charge in [-0.25, -0.2) is 0 Å². The second kappa shape index (κ2) is 5.83. The van der Waals surface area contributed by atoms with E-state index < -0.39 is 0 Å². The summed E-state index contributed by atoms with van der Waals surface area (Å²) in [6, 6.07) is 16.6. The predicted molar refractivity (Wildman–Crippen MR) is 89.6 cm³/mol. The summed E-state index contributed by atoms with van der Waals surface area (Å²) in [5.74, 6) is 0. The van der Waals surface area contributed by atoms with Gasteiger partial charge in [0.2, 0.25) is 0 Å². The monoisotopic (exact) mass is 277 g/mol. The highest BCUT2D eigenvalue weighted by Gasteiger charge is 2.08. The van der Waals surface area contributed by atoms with E-state index in [0.29, 0.717) is 0 Å². The van der Waals surface area contributed by atoms with Gasteiger partial charge < -0.3 is 10.6 Å². The van der Waals surface area contributed by atoms with Crippen molar-refractivity contribution in [2.45, 2.75) is 6.42 Å². The van der Waals surface area contributed by atoms with Crippen molar-refractivity contribution in [1.29, 1.82) is 0 Å². The Labute approximate surface area is 125 Å². The van der Waals surface area contributed by atoms with Crippen molar-refractivity contribution in [2.75, 3.05) is 24.2 Å². The highest BCUT2D eigenvalue weighted by atomic mass is 15.1. The Balaban J connectivity index is 1.85. The van der Waals surface area contributed by atoms with Gasteiger partial charge in [-0.05, 0) is 30.2 Å². The van der Waals surface area contributed by atoms with Crippen molar-refractivity contribution >= 4 is 22.1 Å². The molecule has 0 saturated carbocycles. The summed E-state index contributed by atoms with van der Waals surface area (Å²) in [6.45, 7) is 0.964. The number of aromatic nitrogens is 1. The van der Waals surface area contributed by atoms with E-state index in [0.717, 1.165) is 29.4 Å². The maximum atomic E-state index is 6.03. The van der Waals surface area contributed by atoms with Crippen LogP contribution in [0.15, 0.2) is 60.9 Å². The highest BCUT2D eigenvalue weighted by molar-refractivity contribution is 6.00. The van der Waals surface area contributed by atoms with E-state index >= 15 is 0 Å². The van der Waals surface area contributed by atoms with Crippen molar-refractivity contribution < 1.29 is 0 Å². The first-order valence-corrected chi connectivity index (χ1v) is 7.13. The molecule has 0 aliphatic carbocycles. The quantitative estimate of drug-likeness (QED) is 0.742. The fraction of sp³-hybridized carbons (Fsp3) is 0.167. The normalized spacial score (nSPS) is 10.7. The molecule has 0 radical (unpaired) electrons. The van der Waals surface area contributed by atoms with Crippen molar-refractivity contribution in [2.24, 2.45) is 0 Å². The zero-order valence-corrected chi connectivity index (χ0v) is 12.2. The van der Waals surface area contributed by atoms with Crippen LogP contribution in [0.5, 0.6) is 0 Å². The molecule has 0 bridgehead atoms. The lowest BCUT2D eigenvalue weighted by Gasteiger charge is -2.21. The van der Waals surface area contributed by atoms with Gasteiger partial charge in [-0.1, -0.05) is 30.3 Å². The van der Waals surface area contributed by atoms with E-state index in [1.54, 1.807) is 0 Å². The second-order valence-corrected chi connectivity index (χ2v) is 5.25. The molecular weight excluding hydrogens is 258 g/mol. The summed E-state index contributed by atoms with van der Waals surface area (Å²) in [5, 5.41) is 2.17. The minimum absolute atomic E-state index is 0.776. The number of fused-ring (bicyclic) bond motifs is 1. The molecule has 1 heterocycles. The molecule has 0 aliphatic rings. The first-order chi connectivity index (χ1) is 10.3. The fourth-order valence-electron chi connectivity index (χ4n) is 2.59. The molecule has 3 aromatic rings. The zero-order chi connectivity index (χ0) is 14.7. The van der Waals surface area contributed by atoms with Crippen LogP contribution in [-0.2, 0) is 6.42 Å². The zero-order valence-electron chi connectivity index (χ0n) is 12.2. The molecule has 0 saturated heterocycles. The first-order valence-electron chi connectivity index (χ1n) is 7.13. The average molecular weight is 277 g/mol. The van der Waals surface area contributed by atoms with Crippen LogP contribution < -0.4 is 10.6 Å². The summed E-state index contributed by atoms with van der Waals surface area (Å²) in [4.78, 5) is 6.44. The molecule has 0 atom stereocenters. The van der Waals surface area contributed by atoms with Crippen LogP contribution in [-0.4, -0.2) is 18.6 Å². The minimum Gasteiger partial charge on any atom is -0.398 e. The summed E-state index contributed by atoms with van der Waals surface area (Å²) >= 11 is 0. The second-order valence-electron chi connectivity index (χ2n) is 5.25. The lowest BCUT2D eigenvalue weighted by molar-refractivity contribution is 0.880. The Kier molecular flexibility index (Phi) is 3.73. The van der Waals surface area contributed by atoms with Gasteiger partial charge in [-0.15, -0.1) is 0 Å². The number of nitrogen functional groups attached to an aromatic ring is 1. The molecular formula is C18H19N3. The number of anilines is 2. The number of benzene rings is 2. The SMILES string of the molecule is CN(CCc1ccccc1)c1ccc(N)c2cnccc12. The average Bonchev–Trinajstić information content (AvgIpc) is 2.54. The van der Waals surface area contributed by atoms with E-state index in [1.807, 2.05) is 30.6 Å². The standard InChI is InChI=1S/C18H19N3/c1-21(12-10-14-5-3-2-4-6-14)18-8-7-17(19)16-13-20-11-9-15(16)18/h2-9,11,13H,10,12,19H2,1H3. The third-order valence-electron chi connectivity index (χ3n) is 3.82.